The molecule has 1 N–H and O–H groups in total. The summed E-state index contributed by atoms with van der Waals surface area (Å²) in [6.07, 6.45) is 1.16. The normalized spacial score (nSPS) is 22.9. The minimum atomic E-state index is -1.02. The zero-order valence-electron chi connectivity index (χ0n) is 14.4. The van der Waals surface area contributed by atoms with Crippen LogP contribution in [0, 0.1) is 0 Å². The molecule has 4 rings (SSSR count). The van der Waals surface area contributed by atoms with Crippen molar-refractivity contribution >= 4 is 16.9 Å². The van der Waals surface area contributed by atoms with Crippen molar-refractivity contribution in [3.05, 3.63) is 65.7 Å². The van der Waals surface area contributed by atoms with E-state index in [2.05, 4.69) is 21.6 Å². The molecular formula is C20H23N2O2S+. The summed E-state index contributed by atoms with van der Waals surface area (Å²) in [5.41, 5.74) is 1.09. The standard InChI is InChI=1S/C20H23N2O2S/c1-24-18-10-8-17(9-11-18)20(23)15-21-12-5-13-25-19(21)22(20)14-16-6-3-2-4-7-16/h2-4,6-11,23H,5,12-15H2,1H3/q+1. The minimum absolute atomic E-state index is 0.606. The Labute approximate surface area is 152 Å². The number of ether oxygens (including phenoxy) is 1. The first kappa shape index (κ1) is 16.5. The molecule has 0 aliphatic carbocycles. The highest BCUT2D eigenvalue weighted by molar-refractivity contribution is 8.13. The molecule has 0 amide bonds. The van der Waals surface area contributed by atoms with Gasteiger partial charge in [-0.25, -0.2) is 9.48 Å². The second-order valence-electron chi connectivity index (χ2n) is 6.52. The van der Waals surface area contributed by atoms with E-state index >= 15 is 0 Å². The van der Waals surface area contributed by atoms with Gasteiger partial charge in [-0.05, 0) is 48.0 Å². The minimum Gasteiger partial charge on any atom is -0.497 e. The number of methoxy groups -OCH3 is 1. The average molecular weight is 355 g/mol. The monoisotopic (exact) mass is 355 g/mol. The van der Waals surface area contributed by atoms with E-state index in [1.54, 1.807) is 7.11 Å². The Morgan fingerprint density at radius 3 is 2.64 bits per heavy atom. The fraction of sp³-hybridized carbons (Fsp3) is 0.350. The molecule has 0 radical (unpaired) electrons. The van der Waals surface area contributed by atoms with Gasteiger partial charge >= 0.3 is 5.17 Å². The van der Waals surface area contributed by atoms with E-state index in [1.165, 1.54) is 10.7 Å². The van der Waals surface area contributed by atoms with Gasteiger partial charge in [0.05, 0.1) is 13.7 Å². The number of aliphatic hydroxyl groups is 1. The summed E-state index contributed by atoms with van der Waals surface area (Å²) < 4.78 is 7.59. The van der Waals surface area contributed by atoms with Gasteiger partial charge < -0.3 is 9.84 Å². The van der Waals surface area contributed by atoms with Gasteiger partial charge in [0.1, 0.15) is 12.3 Å². The molecule has 0 aromatic heterocycles. The Balaban J connectivity index is 1.71. The molecule has 0 saturated heterocycles. The SMILES string of the molecule is COc1ccc(C2(O)C[N+]3=C(SCCC3)N2Cc2ccccc2)cc1. The number of hydrogen-bond donors (Lipinski definition) is 1. The Kier molecular flexibility index (Phi) is 4.44. The lowest BCUT2D eigenvalue weighted by atomic mass is 10.0. The van der Waals surface area contributed by atoms with Crippen molar-refractivity contribution in [1.29, 1.82) is 0 Å². The van der Waals surface area contributed by atoms with E-state index in [9.17, 15) is 5.11 Å². The zero-order valence-corrected chi connectivity index (χ0v) is 15.2. The molecule has 1 atom stereocenters. The van der Waals surface area contributed by atoms with Gasteiger partial charge in [-0.15, -0.1) is 0 Å². The van der Waals surface area contributed by atoms with Crippen molar-refractivity contribution < 1.29 is 14.4 Å². The molecule has 0 spiro atoms. The highest BCUT2D eigenvalue weighted by atomic mass is 32.2. The van der Waals surface area contributed by atoms with Crippen LogP contribution < -0.4 is 4.74 Å². The summed E-state index contributed by atoms with van der Waals surface area (Å²) in [6, 6.07) is 18.1. The third-order valence-corrected chi connectivity index (χ3v) is 6.13. The number of rotatable bonds is 4. The Morgan fingerprint density at radius 1 is 1.16 bits per heavy atom. The average Bonchev–Trinajstić information content (AvgIpc) is 2.96. The lowest BCUT2D eigenvalue weighted by Gasteiger charge is -2.29. The maximum absolute atomic E-state index is 11.7. The number of amidine groups is 1. The van der Waals surface area contributed by atoms with Gasteiger partial charge in [-0.2, -0.15) is 0 Å². The van der Waals surface area contributed by atoms with Gasteiger partial charge in [0.2, 0.25) is 0 Å². The summed E-state index contributed by atoms with van der Waals surface area (Å²) in [6.45, 7) is 2.31. The van der Waals surface area contributed by atoms with Crippen molar-refractivity contribution in [1.82, 2.24) is 4.90 Å². The van der Waals surface area contributed by atoms with Crippen LogP contribution in [0.3, 0.4) is 0 Å². The van der Waals surface area contributed by atoms with E-state index in [1.807, 2.05) is 54.2 Å². The summed E-state index contributed by atoms with van der Waals surface area (Å²) in [5, 5.41) is 12.9. The second-order valence-corrected chi connectivity index (χ2v) is 7.59. The summed E-state index contributed by atoms with van der Waals surface area (Å²) in [5.74, 6) is 1.91. The lowest BCUT2D eigenvalue weighted by Crippen LogP contribution is -2.45. The lowest BCUT2D eigenvalue weighted by molar-refractivity contribution is -0.532. The van der Waals surface area contributed by atoms with Gasteiger partial charge in [0, 0.05) is 11.3 Å². The Bertz CT molecular complexity index is 776. The fourth-order valence-corrected chi connectivity index (χ4v) is 4.75. The quantitative estimate of drug-likeness (QED) is 0.856. The molecule has 1 unspecified atom stereocenters. The smallest absolute Gasteiger partial charge is 0.311 e. The van der Waals surface area contributed by atoms with E-state index in [0.29, 0.717) is 13.1 Å². The van der Waals surface area contributed by atoms with Crippen LogP contribution in [0.25, 0.3) is 0 Å². The van der Waals surface area contributed by atoms with Crippen LogP contribution in [0.4, 0.5) is 0 Å². The van der Waals surface area contributed by atoms with Gasteiger partial charge in [0.25, 0.3) is 5.72 Å². The molecule has 25 heavy (non-hydrogen) atoms. The molecule has 2 aromatic rings. The van der Waals surface area contributed by atoms with Crippen molar-refractivity contribution in [3.63, 3.8) is 0 Å². The van der Waals surface area contributed by atoms with Crippen LogP contribution in [0.2, 0.25) is 0 Å². The zero-order chi connectivity index (χ0) is 17.3. The largest absolute Gasteiger partial charge is 0.497 e. The molecule has 2 aromatic carbocycles. The number of hydrogen-bond acceptors (Lipinski definition) is 4. The predicted molar refractivity (Wildman–Crippen MR) is 101 cm³/mol. The Hall–Kier alpha value is -1.98. The maximum atomic E-state index is 11.7. The summed E-state index contributed by atoms with van der Waals surface area (Å²) >= 11 is 1.85. The van der Waals surface area contributed by atoms with Crippen molar-refractivity contribution in [2.24, 2.45) is 0 Å². The van der Waals surface area contributed by atoms with Crippen molar-refractivity contribution in [2.45, 2.75) is 18.7 Å². The molecule has 2 aliphatic heterocycles. The van der Waals surface area contributed by atoms with E-state index in [4.69, 9.17) is 4.74 Å². The molecule has 4 nitrogen and oxygen atoms in total. The molecule has 0 bridgehead atoms. The highest BCUT2D eigenvalue weighted by Gasteiger charge is 2.53. The predicted octanol–water partition coefficient (Wildman–Crippen LogP) is 2.86. The van der Waals surface area contributed by atoms with E-state index in [-0.39, 0.29) is 0 Å². The molecule has 2 heterocycles. The number of nitrogens with zero attached hydrogens (tertiary/aromatic N) is 2. The van der Waals surface area contributed by atoms with Crippen molar-refractivity contribution in [3.8, 4) is 5.75 Å². The third-order valence-electron chi connectivity index (χ3n) is 4.90. The fourth-order valence-electron chi connectivity index (χ4n) is 3.58. The van der Waals surface area contributed by atoms with E-state index in [0.717, 1.165) is 30.0 Å². The first-order valence-corrected chi connectivity index (χ1v) is 9.62. The van der Waals surface area contributed by atoms with Crippen LogP contribution >= 0.6 is 11.8 Å². The van der Waals surface area contributed by atoms with Crippen LogP contribution in [0.5, 0.6) is 5.75 Å². The Morgan fingerprint density at radius 2 is 1.92 bits per heavy atom. The van der Waals surface area contributed by atoms with Gasteiger partial charge in [0.15, 0.2) is 6.54 Å². The molecule has 2 aliphatic rings. The number of thioether (sulfide) groups is 1. The summed E-state index contributed by atoms with van der Waals surface area (Å²) in [7, 11) is 1.66. The van der Waals surface area contributed by atoms with E-state index < -0.39 is 5.72 Å². The van der Waals surface area contributed by atoms with Crippen LogP contribution in [-0.4, -0.2) is 45.7 Å². The van der Waals surface area contributed by atoms with Crippen LogP contribution in [0.15, 0.2) is 54.6 Å². The summed E-state index contributed by atoms with van der Waals surface area (Å²) in [4.78, 5) is 2.16. The van der Waals surface area contributed by atoms with Gasteiger partial charge in [-0.3, -0.25) is 0 Å². The molecule has 130 valence electrons. The molecule has 0 fully saturated rings. The van der Waals surface area contributed by atoms with Crippen LogP contribution in [0.1, 0.15) is 17.5 Å². The number of benzene rings is 2. The van der Waals surface area contributed by atoms with Crippen molar-refractivity contribution in [2.75, 3.05) is 26.0 Å². The molecular weight excluding hydrogens is 332 g/mol. The molecule has 0 saturated carbocycles. The highest BCUT2D eigenvalue weighted by Crippen LogP contribution is 2.37. The second kappa shape index (κ2) is 6.73. The topological polar surface area (TPSA) is 35.7 Å². The van der Waals surface area contributed by atoms with Crippen LogP contribution in [-0.2, 0) is 12.3 Å². The first-order valence-electron chi connectivity index (χ1n) is 8.64. The molecule has 5 heteroatoms. The first-order chi connectivity index (χ1) is 12.2. The van der Waals surface area contributed by atoms with Gasteiger partial charge in [-0.1, -0.05) is 30.3 Å². The maximum Gasteiger partial charge on any atom is 0.311 e. The third kappa shape index (κ3) is 3.02.